The maximum Gasteiger partial charge on any atom is 0.339 e. The van der Waals surface area contributed by atoms with Crippen molar-refractivity contribution in [3.8, 4) is 0 Å². The number of esters is 1. The van der Waals surface area contributed by atoms with Gasteiger partial charge in [0.25, 0.3) is 0 Å². The molecule has 2 N–H and O–H groups in total. The van der Waals surface area contributed by atoms with Gasteiger partial charge in [-0.3, -0.25) is 4.79 Å². The van der Waals surface area contributed by atoms with Crippen molar-refractivity contribution < 1.29 is 14.3 Å². The van der Waals surface area contributed by atoms with Gasteiger partial charge in [0.15, 0.2) is 0 Å². The predicted octanol–water partition coefficient (Wildman–Crippen LogP) is 2.11. The molecular formula is C16H22N2O3. The number of anilines is 1. The van der Waals surface area contributed by atoms with Gasteiger partial charge in [-0.25, -0.2) is 4.79 Å². The number of aryl methyl sites for hydroxylation is 1. The third-order valence-electron chi connectivity index (χ3n) is 4.08. The normalized spacial score (nSPS) is 17.1. The summed E-state index contributed by atoms with van der Waals surface area (Å²) in [7, 11) is 1.34. The van der Waals surface area contributed by atoms with E-state index in [9.17, 15) is 9.59 Å². The molecule has 1 aliphatic rings. The number of hydrogen-bond acceptors (Lipinski definition) is 4. The average Bonchev–Trinajstić information content (AvgIpc) is 2.49. The number of carbonyl (C=O) groups is 2. The molecule has 1 aromatic rings. The van der Waals surface area contributed by atoms with E-state index in [0.29, 0.717) is 11.3 Å². The molecule has 5 heteroatoms. The van der Waals surface area contributed by atoms with Crippen LogP contribution in [0.5, 0.6) is 0 Å². The van der Waals surface area contributed by atoms with Crippen LogP contribution in [0.15, 0.2) is 18.2 Å². The lowest BCUT2D eigenvalue weighted by Crippen LogP contribution is -2.43. The summed E-state index contributed by atoms with van der Waals surface area (Å²) < 4.78 is 4.78. The molecule has 0 bridgehead atoms. The fraction of sp³-hybridized carbons (Fsp3) is 0.500. The molecule has 0 radical (unpaired) electrons. The molecule has 1 aromatic carbocycles. The van der Waals surface area contributed by atoms with Crippen LogP contribution in [0, 0.1) is 12.3 Å². The summed E-state index contributed by atoms with van der Waals surface area (Å²) in [6.45, 7) is 5.53. The summed E-state index contributed by atoms with van der Waals surface area (Å²) in [6.07, 6.45) is 1.58. The zero-order valence-electron chi connectivity index (χ0n) is 12.8. The summed E-state index contributed by atoms with van der Waals surface area (Å²) in [6, 6.07) is 5.35. The number of methoxy groups -OCH3 is 1. The van der Waals surface area contributed by atoms with Gasteiger partial charge in [-0.2, -0.15) is 0 Å². The Bertz CT molecular complexity index is 548. The molecule has 0 saturated carbocycles. The fourth-order valence-corrected chi connectivity index (χ4v) is 2.52. The largest absolute Gasteiger partial charge is 0.465 e. The lowest BCUT2D eigenvalue weighted by Gasteiger charge is -2.32. The van der Waals surface area contributed by atoms with Crippen molar-refractivity contribution in [2.45, 2.75) is 26.7 Å². The van der Waals surface area contributed by atoms with E-state index in [-0.39, 0.29) is 5.91 Å². The quantitative estimate of drug-likeness (QED) is 0.837. The molecule has 114 valence electrons. The molecule has 1 aliphatic heterocycles. The Labute approximate surface area is 125 Å². The van der Waals surface area contributed by atoms with E-state index in [4.69, 9.17) is 4.74 Å². The van der Waals surface area contributed by atoms with Crippen LogP contribution >= 0.6 is 0 Å². The molecule has 1 fully saturated rings. The molecule has 1 amide bonds. The van der Waals surface area contributed by atoms with Gasteiger partial charge in [-0.1, -0.05) is 18.6 Å². The third kappa shape index (κ3) is 3.42. The Kier molecular flexibility index (Phi) is 4.63. The monoisotopic (exact) mass is 290 g/mol. The van der Waals surface area contributed by atoms with Crippen LogP contribution in [0.3, 0.4) is 0 Å². The summed E-state index contributed by atoms with van der Waals surface area (Å²) in [5, 5.41) is 6.15. The minimum atomic E-state index is -0.440. The lowest BCUT2D eigenvalue weighted by molar-refractivity contribution is -0.126. The zero-order chi connectivity index (χ0) is 15.5. The highest BCUT2D eigenvalue weighted by Gasteiger charge is 2.35. The average molecular weight is 290 g/mol. The van der Waals surface area contributed by atoms with Crippen LogP contribution in [-0.4, -0.2) is 32.1 Å². The first-order chi connectivity index (χ1) is 9.96. The predicted molar refractivity (Wildman–Crippen MR) is 81.4 cm³/mol. The molecule has 0 aliphatic carbocycles. The number of ether oxygens (including phenoxy) is 1. The van der Waals surface area contributed by atoms with Gasteiger partial charge in [0.2, 0.25) is 5.91 Å². The first kappa shape index (κ1) is 15.5. The number of benzene rings is 1. The van der Waals surface area contributed by atoms with Gasteiger partial charge in [-0.05, 0) is 45.0 Å². The second-order valence-corrected chi connectivity index (χ2v) is 5.81. The Morgan fingerprint density at radius 2 is 1.95 bits per heavy atom. The minimum Gasteiger partial charge on any atom is -0.465 e. The first-order valence-electron chi connectivity index (χ1n) is 7.17. The summed E-state index contributed by atoms with van der Waals surface area (Å²) in [4.78, 5) is 24.4. The number of rotatable bonds is 3. The van der Waals surface area contributed by atoms with Gasteiger partial charge >= 0.3 is 5.97 Å². The smallest absolute Gasteiger partial charge is 0.339 e. The van der Waals surface area contributed by atoms with Crippen LogP contribution in [-0.2, 0) is 9.53 Å². The minimum absolute atomic E-state index is 0.0435. The Morgan fingerprint density at radius 1 is 1.29 bits per heavy atom. The fourth-order valence-electron chi connectivity index (χ4n) is 2.52. The van der Waals surface area contributed by atoms with Crippen LogP contribution in [0.1, 0.15) is 35.7 Å². The first-order valence-corrected chi connectivity index (χ1v) is 7.17. The number of carbonyl (C=O) groups excluding carboxylic acids is 2. The van der Waals surface area contributed by atoms with E-state index < -0.39 is 11.4 Å². The number of nitrogens with one attached hydrogen (secondary N) is 2. The summed E-state index contributed by atoms with van der Waals surface area (Å²) in [5.74, 6) is -0.484. The van der Waals surface area contributed by atoms with E-state index in [2.05, 4.69) is 10.6 Å². The van der Waals surface area contributed by atoms with Crippen molar-refractivity contribution in [3.05, 3.63) is 29.3 Å². The van der Waals surface area contributed by atoms with Crippen LogP contribution in [0.2, 0.25) is 0 Å². The van der Waals surface area contributed by atoms with Gasteiger partial charge in [0.05, 0.1) is 18.4 Å². The molecule has 5 nitrogen and oxygen atoms in total. The molecule has 0 spiro atoms. The Hall–Kier alpha value is -1.88. The van der Waals surface area contributed by atoms with Gasteiger partial charge in [-0.15, -0.1) is 0 Å². The topological polar surface area (TPSA) is 67.4 Å². The highest BCUT2D eigenvalue weighted by Crippen LogP contribution is 2.30. The van der Waals surface area contributed by atoms with E-state index >= 15 is 0 Å². The van der Waals surface area contributed by atoms with E-state index in [1.54, 1.807) is 12.1 Å². The van der Waals surface area contributed by atoms with Crippen LogP contribution in [0.4, 0.5) is 5.69 Å². The molecule has 21 heavy (non-hydrogen) atoms. The lowest BCUT2D eigenvalue weighted by atomic mass is 9.80. The Balaban J connectivity index is 2.22. The number of amides is 1. The Morgan fingerprint density at radius 3 is 2.57 bits per heavy atom. The second kappa shape index (κ2) is 6.26. The van der Waals surface area contributed by atoms with Crippen molar-refractivity contribution in [1.29, 1.82) is 0 Å². The molecule has 0 unspecified atom stereocenters. The molecular weight excluding hydrogens is 268 g/mol. The maximum absolute atomic E-state index is 12.5. The highest BCUT2D eigenvalue weighted by molar-refractivity contribution is 6.03. The van der Waals surface area contributed by atoms with Gasteiger partial charge in [0.1, 0.15) is 0 Å². The SMILES string of the molecule is COC(=O)c1cc(C)ccc1NC(=O)C1(C)CCNCC1. The van der Waals surface area contributed by atoms with Crippen molar-refractivity contribution in [2.24, 2.45) is 5.41 Å². The number of hydrogen-bond donors (Lipinski definition) is 2. The van der Waals surface area contributed by atoms with Crippen molar-refractivity contribution in [2.75, 3.05) is 25.5 Å². The molecule has 0 aromatic heterocycles. The van der Waals surface area contributed by atoms with Crippen molar-refractivity contribution >= 4 is 17.6 Å². The molecule has 1 saturated heterocycles. The van der Waals surface area contributed by atoms with E-state index in [0.717, 1.165) is 31.5 Å². The van der Waals surface area contributed by atoms with Crippen LogP contribution < -0.4 is 10.6 Å². The third-order valence-corrected chi connectivity index (χ3v) is 4.08. The standard InChI is InChI=1S/C16H22N2O3/c1-11-4-5-13(12(10-11)14(19)21-3)18-15(20)16(2)6-8-17-9-7-16/h4-5,10,17H,6-9H2,1-3H3,(H,18,20). The van der Waals surface area contributed by atoms with Crippen LogP contribution in [0.25, 0.3) is 0 Å². The van der Waals surface area contributed by atoms with E-state index in [1.807, 2.05) is 19.9 Å². The molecule has 2 rings (SSSR count). The summed E-state index contributed by atoms with van der Waals surface area (Å²) in [5.41, 5.74) is 1.45. The second-order valence-electron chi connectivity index (χ2n) is 5.81. The zero-order valence-corrected chi connectivity index (χ0v) is 12.8. The van der Waals surface area contributed by atoms with Gasteiger partial charge < -0.3 is 15.4 Å². The highest BCUT2D eigenvalue weighted by atomic mass is 16.5. The van der Waals surface area contributed by atoms with Crippen molar-refractivity contribution in [3.63, 3.8) is 0 Å². The van der Waals surface area contributed by atoms with Gasteiger partial charge in [0, 0.05) is 5.41 Å². The summed E-state index contributed by atoms with van der Waals surface area (Å²) >= 11 is 0. The molecule has 0 atom stereocenters. The number of piperidine rings is 1. The van der Waals surface area contributed by atoms with Crippen molar-refractivity contribution in [1.82, 2.24) is 5.32 Å². The molecule has 1 heterocycles. The van der Waals surface area contributed by atoms with E-state index in [1.165, 1.54) is 7.11 Å². The maximum atomic E-state index is 12.5.